The first-order valence-corrected chi connectivity index (χ1v) is 12.3. The molecule has 0 atom stereocenters. The van der Waals surface area contributed by atoms with E-state index in [2.05, 4.69) is 16.6 Å². The minimum atomic E-state index is -0.670. The third kappa shape index (κ3) is 6.34. The molecule has 3 aromatic rings. The third-order valence-corrected chi connectivity index (χ3v) is 5.67. The Labute approximate surface area is 206 Å². The van der Waals surface area contributed by atoms with Gasteiger partial charge in [0.1, 0.15) is 16.9 Å². The monoisotopic (exact) mass is 496 g/mol. The van der Waals surface area contributed by atoms with Gasteiger partial charge in [0.2, 0.25) is 0 Å². The molecule has 9 nitrogen and oxygen atoms in total. The van der Waals surface area contributed by atoms with Crippen LogP contribution in [0.4, 0.5) is 0 Å². The maximum absolute atomic E-state index is 13.3. The van der Waals surface area contributed by atoms with Crippen LogP contribution in [0.5, 0.6) is 0 Å². The molecule has 0 spiro atoms. The second-order valence-corrected chi connectivity index (χ2v) is 8.16. The number of amides is 1. The van der Waals surface area contributed by atoms with Crippen LogP contribution in [0.3, 0.4) is 0 Å². The van der Waals surface area contributed by atoms with Crippen molar-refractivity contribution in [3.8, 4) is 0 Å². The highest BCUT2D eigenvalue weighted by Gasteiger charge is 2.20. The third-order valence-electron chi connectivity index (χ3n) is 4.91. The Balaban J connectivity index is 2.30. The topological polar surface area (TPSA) is 104 Å². The molecule has 0 radical (unpaired) electrons. The number of fused-ring (bicyclic) bond motifs is 2. The molecule has 35 heavy (non-hydrogen) atoms. The highest BCUT2D eigenvalue weighted by molar-refractivity contribution is 8.02. The normalized spacial score (nSPS) is 12.0. The standard InChI is InChI=1S/C25H28N4O5S/c1-4-7-15-35-17-21(30)27-23-19(25(32)34-6-3)16-18-22(29(23)13-10-14-33-5-2)26-20-11-8-9-12-28(20)24(18)31/h4,7-9,11-12,15-16H,1,5-6,10,13-14,17H2,2-3H3/b15-7-,27-23?. The number of ether oxygens (including phenoxy) is 2. The van der Waals surface area contributed by atoms with Gasteiger partial charge in [0, 0.05) is 26.0 Å². The van der Waals surface area contributed by atoms with E-state index in [-0.39, 0.29) is 34.4 Å². The van der Waals surface area contributed by atoms with E-state index in [9.17, 15) is 14.4 Å². The summed E-state index contributed by atoms with van der Waals surface area (Å²) in [6.07, 6.45) is 5.50. The molecule has 0 saturated carbocycles. The Morgan fingerprint density at radius 2 is 2.09 bits per heavy atom. The number of hydrogen-bond donors (Lipinski definition) is 0. The van der Waals surface area contributed by atoms with Gasteiger partial charge in [0.05, 0.1) is 17.7 Å². The second-order valence-electron chi connectivity index (χ2n) is 7.27. The van der Waals surface area contributed by atoms with Gasteiger partial charge in [-0.25, -0.2) is 9.78 Å². The summed E-state index contributed by atoms with van der Waals surface area (Å²) < 4.78 is 13.7. The Kier molecular flexibility index (Phi) is 9.56. The molecule has 0 aliphatic heterocycles. The minimum Gasteiger partial charge on any atom is -0.462 e. The quantitative estimate of drug-likeness (QED) is 0.174. The van der Waals surface area contributed by atoms with Crippen molar-refractivity contribution < 1.29 is 19.1 Å². The lowest BCUT2D eigenvalue weighted by molar-refractivity contribution is -0.115. The van der Waals surface area contributed by atoms with Crippen LogP contribution in [-0.4, -0.2) is 51.4 Å². The van der Waals surface area contributed by atoms with E-state index in [1.165, 1.54) is 22.2 Å². The molecule has 0 fully saturated rings. The summed E-state index contributed by atoms with van der Waals surface area (Å²) in [7, 11) is 0. The average molecular weight is 497 g/mol. The van der Waals surface area contributed by atoms with Crippen molar-refractivity contribution in [2.75, 3.05) is 25.6 Å². The van der Waals surface area contributed by atoms with Crippen LogP contribution < -0.4 is 11.0 Å². The Bertz CT molecular complexity index is 1390. The molecule has 10 heteroatoms. The molecule has 0 unspecified atom stereocenters. The first-order valence-electron chi connectivity index (χ1n) is 11.3. The van der Waals surface area contributed by atoms with E-state index in [0.29, 0.717) is 37.5 Å². The van der Waals surface area contributed by atoms with Crippen molar-refractivity contribution >= 4 is 40.3 Å². The zero-order valence-electron chi connectivity index (χ0n) is 19.8. The van der Waals surface area contributed by atoms with E-state index < -0.39 is 11.9 Å². The number of rotatable bonds is 11. The number of pyridine rings is 2. The number of allylic oxidation sites excluding steroid dienone is 2. The molecule has 3 rings (SSSR count). The molecule has 0 aliphatic rings. The summed E-state index contributed by atoms with van der Waals surface area (Å²) in [5, 5.41) is 1.96. The van der Waals surface area contributed by atoms with E-state index in [0.717, 1.165) is 0 Å². The van der Waals surface area contributed by atoms with Gasteiger partial charge in [-0.1, -0.05) is 24.8 Å². The van der Waals surface area contributed by atoms with Crippen molar-refractivity contribution in [2.45, 2.75) is 26.8 Å². The van der Waals surface area contributed by atoms with Gasteiger partial charge in [-0.2, -0.15) is 4.99 Å². The first kappa shape index (κ1) is 26.1. The summed E-state index contributed by atoms with van der Waals surface area (Å²) in [5.41, 5.74) is 0.576. The van der Waals surface area contributed by atoms with Gasteiger partial charge in [-0.05, 0) is 43.9 Å². The number of hydrogen-bond acceptors (Lipinski definition) is 7. The lowest BCUT2D eigenvalue weighted by Gasteiger charge is -2.15. The van der Waals surface area contributed by atoms with E-state index >= 15 is 0 Å². The van der Waals surface area contributed by atoms with Crippen molar-refractivity contribution in [1.82, 2.24) is 14.0 Å². The van der Waals surface area contributed by atoms with Crippen molar-refractivity contribution in [2.24, 2.45) is 4.99 Å². The maximum atomic E-state index is 13.3. The van der Waals surface area contributed by atoms with Gasteiger partial charge in [0.15, 0.2) is 5.49 Å². The maximum Gasteiger partial charge on any atom is 0.341 e. The summed E-state index contributed by atoms with van der Waals surface area (Å²) >= 11 is 1.26. The fourth-order valence-electron chi connectivity index (χ4n) is 3.42. The minimum absolute atomic E-state index is 0.0329. The molecule has 0 saturated heterocycles. The molecular formula is C25H28N4O5S. The zero-order chi connectivity index (χ0) is 25.2. The molecule has 0 aromatic carbocycles. The summed E-state index contributed by atoms with van der Waals surface area (Å²) in [5.74, 6) is -1.04. The van der Waals surface area contributed by atoms with Crippen LogP contribution in [0, 0.1) is 0 Å². The van der Waals surface area contributed by atoms with Gasteiger partial charge >= 0.3 is 5.97 Å². The largest absolute Gasteiger partial charge is 0.462 e. The van der Waals surface area contributed by atoms with E-state index in [1.807, 2.05) is 6.92 Å². The summed E-state index contributed by atoms with van der Waals surface area (Å²) in [6, 6.07) is 6.64. The first-order chi connectivity index (χ1) is 17.0. The molecule has 3 heterocycles. The van der Waals surface area contributed by atoms with Crippen LogP contribution in [0.2, 0.25) is 0 Å². The number of carbonyl (C=O) groups excluding carboxylic acids is 2. The predicted molar refractivity (Wildman–Crippen MR) is 136 cm³/mol. The summed E-state index contributed by atoms with van der Waals surface area (Å²) in [6.45, 7) is 8.65. The molecule has 0 aliphatic carbocycles. The SMILES string of the molecule is C=C/C=C\SCC(=O)N=c1c(C(=O)OCC)cc2c(=O)n3ccccc3nc2n1CCCOCC. The lowest BCUT2D eigenvalue weighted by Crippen LogP contribution is -2.33. The Morgan fingerprint density at radius 1 is 1.26 bits per heavy atom. The molecule has 184 valence electrons. The van der Waals surface area contributed by atoms with Gasteiger partial charge in [-0.15, -0.1) is 11.8 Å². The fourth-order valence-corrected chi connectivity index (χ4v) is 3.94. The van der Waals surface area contributed by atoms with Crippen molar-refractivity contribution in [1.29, 1.82) is 0 Å². The number of nitrogens with zero attached hydrogens (tertiary/aromatic N) is 4. The van der Waals surface area contributed by atoms with Crippen molar-refractivity contribution in [3.05, 3.63) is 76.0 Å². The van der Waals surface area contributed by atoms with Gasteiger partial charge in [-0.3, -0.25) is 14.0 Å². The Hall–Kier alpha value is -3.50. The lowest BCUT2D eigenvalue weighted by atomic mass is 10.2. The van der Waals surface area contributed by atoms with Crippen LogP contribution in [0.25, 0.3) is 16.7 Å². The number of carbonyl (C=O) groups is 2. The van der Waals surface area contributed by atoms with Crippen LogP contribution >= 0.6 is 11.8 Å². The van der Waals surface area contributed by atoms with Crippen LogP contribution in [0.15, 0.2) is 64.4 Å². The van der Waals surface area contributed by atoms with E-state index in [1.54, 1.807) is 53.4 Å². The van der Waals surface area contributed by atoms with E-state index in [4.69, 9.17) is 9.47 Å². The smallest absolute Gasteiger partial charge is 0.341 e. The molecular weight excluding hydrogens is 468 g/mol. The molecule has 0 bridgehead atoms. The number of esters is 1. The average Bonchev–Trinajstić information content (AvgIpc) is 2.85. The predicted octanol–water partition coefficient (Wildman–Crippen LogP) is 3.11. The van der Waals surface area contributed by atoms with Crippen LogP contribution in [0.1, 0.15) is 30.6 Å². The number of aromatic nitrogens is 3. The molecule has 0 N–H and O–H groups in total. The molecule has 3 aromatic heterocycles. The highest BCUT2D eigenvalue weighted by Crippen LogP contribution is 2.12. The van der Waals surface area contributed by atoms with Gasteiger partial charge in [0.25, 0.3) is 11.5 Å². The fraction of sp³-hybridized carbons (Fsp3) is 0.320. The van der Waals surface area contributed by atoms with Gasteiger partial charge < -0.3 is 14.0 Å². The van der Waals surface area contributed by atoms with Crippen molar-refractivity contribution in [3.63, 3.8) is 0 Å². The number of aryl methyl sites for hydroxylation is 1. The highest BCUT2D eigenvalue weighted by atomic mass is 32.2. The molecule has 1 amide bonds. The zero-order valence-corrected chi connectivity index (χ0v) is 20.6. The number of thioether (sulfide) groups is 1. The Morgan fingerprint density at radius 3 is 2.83 bits per heavy atom. The second kappa shape index (κ2) is 12.8. The van der Waals surface area contributed by atoms with Crippen LogP contribution in [-0.2, 0) is 20.8 Å². The summed E-state index contributed by atoms with van der Waals surface area (Å²) in [4.78, 5) is 47.9.